The van der Waals surface area contributed by atoms with E-state index in [0.717, 1.165) is 5.56 Å². The van der Waals surface area contributed by atoms with Crippen molar-refractivity contribution >= 4 is 34.7 Å². The molecule has 0 aliphatic heterocycles. The van der Waals surface area contributed by atoms with Crippen LogP contribution in [0, 0.1) is 5.82 Å². The summed E-state index contributed by atoms with van der Waals surface area (Å²) >= 11 is 1.37. The van der Waals surface area contributed by atoms with E-state index in [-0.39, 0.29) is 17.4 Å². The van der Waals surface area contributed by atoms with Gasteiger partial charge in [0.2, 0.25) is 5.91 Å². The highest BCUT2D eigenvalue weighted by atomic mass is 32.1. The summed E-state index contributed by atoms with van der Waals surface area (Å²) in [5, 5.41) is 10.2. The molecule has 3 N–H and O–H groups in total. The Labute approximate surface area is 183 Å². The Morgan fingerprint density at radius 1 is 0.903 bits per heavy atom. The van der Waals surface area contributed by atoms with Gasteiger partial charge in [0, 0.05) is 30.8 Å². The molecule has 31 heavy (non-hydrogen) atoms. The van der Waals surface area contributed by atoms with Gasteiger partial charge in [-0.1, -0.05) is 24.3 Å². The highest BCUT2D eigenvalue weighted by Crippen LogP contribution is 2.13. The van der Waals surface area contributed by atoms with Gasteiger partial charge in [0.1, 0.15) is 5.82 Å². The molecule has 0 saturated heterocycles. The van der Waals surface area contributed by atoms with Crippen LogP contribution in [0.4, 0.5) is 10.1 Å². The zero-order valence-electron chi connectivity index (χ0n) is 16.7. The SMILES string of the molecule is O=C(CCCNC(=O)c1cccs1)NCc1cccc(NC(=O)c2cccc(F)c2)c1. The van der Waals surface area contributed by atoms with E-state index in [0.29, 0.717) is 36.5 Å². The Hall–Kier alpha value is -3.52. The summed E-state index contributed by atoms with van der Waals surface area (Å²) in [4.78, 5) is 36.8. The molecule has 2 aromatic carbocycles. The van der Waals surface area contributed by atoms with Crippen LogP contribution >= 0.6 is 11.3 Å². The molecule has 3 amide bonds. The molecule has 0 radical (unpaired) electrons. The molecule has 0 bridgehead atoms. The number of nitrogens with one attached hydrogen (secondary N) is 3. The molecule has 1 heterocycles. The summed E-state index contributed by atoms with van der Waals surface area (Å²) in [7, 11) is 0. The number of rotatable bonds is 9. The van der Waals surface area contributed by atoms with Crippen molar-refractivity contribution in [3.8, 4) is 0 Å². The highest BCUT2D eigenvalue weighted by Gasteiger charge is 2.09. The van der Waals surface area contributed by atoms with Gasteiger partial charge in [-0.15, -0.1) is 11.3 Å². The van der Waals surface area contributed by atoms with E-state index in [4.69, 9.17) is 0 Å². The minimum absolute atomic E-state index is 0.125. The van der Waals surface area contributed by atoms with Crippen molar-refractivity contribution in [3.05, 3.63) is 87.9 Å². The van der Waals surface area contributed by atoms with Gasteiger partial charge in [-0.2, -0.15) is 0 Å². The van der Waals surface area contributed by atoms with Gasteiger partial charge in [-0.05, 0) is 53.8 Å². The van der Waals surface area contributed by atoms with Crippen LogP contribution in [-0.2, 0) is 11.3 Å². The van der Waals surface area contributed by atoms with Crippen LogP contribution < -0.4 is 16.0 Å². The Morgan fingerprint density at radius 3 is 2.52 bits per heavy atom. The fraction of sp³-hybridized carbons (Fsp3) is 0.174. The average molecular weight is 440 g/mol. The monoisotopic (exact) mass is 439 g/mol. The van der Waals surface area contributed by atoms with Crippen molar-refractivity contribution in [1.29, 1.82) is 0 Å². The number of benzene rings is 2. The molecule has 0 spiro atoms. The Bertz CT molecular complexity index is 1050. The number of thiophene rings is 1. The van der Waals surface area contributed by atoms with E-state index in [1.807, 2.05) is 17.5 Å². The van der Waals surface area contributed by atoms with Crippen LogP contribution in [0.1, 0.15) is 38.4 Å². The molecule has 0 fully saturated rings. The number of carbonyl (C=O) groups is 3. The molecule has 0 atom stereocenters. The maximum absolute atomic E-state index is 13.3. The van der Waals surface area contributed by atoms with E-state index in [1.54, 1.807) is 24.3 Å². The smallest absolute Gasteiger partial charge is 0.261 e. The van der Waals surface area contributed by atoms with Crippen molar-refractivity contribution in [2.45, 2.75) is 19.4 Å². The molecule has 3 aromatic rings. The predicted molar refractivity (Wildman–Crippen MR) is 119 cm³/mol. The van der Waals surface area contributed by atoms with Gasteiger partial charge in [0.05, 0.1) is 4.88 Å². The second-order valence-corrected chi connectivity index (χ2v) is 7.73. The van der Waals surface area contributed by atoms with E-state index in [9.17, 15) is 18.8 Å². The summed E-state index contributed by atoms with van der Waals surface area (Å²) < 4.78 is 13.3. The van der Waals surface area contributed by atoms with Gasteiger partial charge < -0.3 is 16.0 Å². The lowest BCUT2D eigenvalue weighted by Gasteiger charge is -2.09. The second-order valence-electron chi connectivity index (χ2n) is 6.78. The van der Waals surface area contributed by atoms with Crippen LogP contribution in [-0.4, -0.2) is 24.3 Å². The molecule has 3 rings (SSSR count). The minimum Gasteiger partial charge on any atom is -0.352 e. The third kappa shape index (κ3) is 7.04. The molecule has 1 aromatic heterocycles. The van der Waals surface area contributed by atoms with Crippen molar-refractivity contribution in [3.63, 3.8) is 0 Å². The van der Waals surface area contributed by atoms with Crippen LogP contribution in [0.15, 0.2) is 66.0 Å². The molecular weight excluding hydrogens is 417 g/mol. The van der Waals surface area contributed by atoms with Crippen molar-refractivity contribution in [2.75, 3.05) is 11.9 Å². The van der Waals surface area contributed by atoms with Gasteiger partial charge in [-0.3, -0.25) is 14.4 Å². The first-order valence-electron chi connectivity index (χ1n) is 9.75. The van der Waals surface area contributed by atoms with Crippen LogP contribution in [0.5, 0.6) is 0 Å². The number of amides is 3. The number of carbonyl (C=O) groups excluding carboxylic acids is 3. The molecule has 0 unspecified atom stereocenters. The van der Waals surface area contributed by atoms with Crippen LogP contribution in [0.2, 0.25) is 0 Å². The molecule has 0 saturated carbocycles. The Balaban J connectivity index is 1.40. The van der Waals surface area contributed by atoms with Crippen LogP contribution in [0.25, 0.3) is 0 Å². The summed E-state index contributed by atoms with van der Waals surface area (Å²) in [5.74, 6) is -1.15. The van der Waals surface area contributed by atoms with Crippen molar-refractivity contribution in [1.82, 2.24) is 10.6 Å². The molecule has 0 aliphatic carbocycles. The number of halogens is 1. The maximum Gasteiger partial charge on any atom is 0.261 e. The van der Waals surface area contributed by atoms with E-state index in [1.165, 1.54) is 35.6 Å². The molecule has 6 nitrogen and oxygen atoms in total. The summed E-state index contributed by atoms with van der Waals surface area (Å²) in [6, 6.07) is 16.1. The fourth-order valence-corrected chi connectivity index (χ4v) is 3.47. The molecular formula is C23H22FN3O3S. The summed E-state index contributed by atoms with van der Waals surface area (Å²) in [6.45, 7) is 0.732. The van der Waals surface area contributed by atoms with E-state index >= 15 is 0 Å². The Morgan fingerprint density at radius 2 is 1.74 bits per heavy atom. The number of hydrogen-bond donors (Lipinski definition) is 3. The zero-order valence-corrected chi connectivity index (χ0v) is 17.5. The van der Waals surface area contributed by atoms with Gasteiger partial charge >= 0.3 is 0 Å². The lowest BCUT2D eigenvalue weighted by molar-refractivity contribution is -0.121. The maximum atomic E-state index is 13.3. The standard InChI is InChI=1S/C23H22FN3O3S/c24-18-7-2-6-17(14-18)22(29)27-19-8-1-5-16(13-19)15-26-21(28)10-3-11-25-23(30)20-9-4-12-31-20/h1-2,4-9,12-14H,3,10-11,15H2,(H,25,30)(H,26,28)(H,27,29). The van der Waals surface area contributed by atoms with Gasteiger partial charge in [0.15, 0.2) is 0 Å². The lowest BCUT2D eigenvalue weighted by Crippen LogP contribution is -2.27. The largest absolute Gasteiger partial charge is 0.352 e. The first-order chi connectivity index (χ1) is 15.0. The first-order valence-corrected chi connectivity index (χ1v) is 10.6. The Kier molecular flexibility index (Phi) is 7.89. The molecule has 160 valence electrons. The third-order valence-corrected chi connectivity index (χ3v) is 5.24. The summed E-state index contributed by atoms with van der Waals surface area (Å²) in [5.41, 5.74) is 1.60. The zero-order chi connectivity index (χ0) is 22.1. The quantitative estimate of drug-likeness (QED) is 0.441. The van der Waals surface area contributed by atoms with E-state index in [2.05, 4.69) is 16.0 Å². The second kappa shape index (κ2) is 11.0. The minimum atomic E-state index is -0.477. The average Bonchev–Trinajstić information content (AvgIpc) is 3.30. The number of hydrogen-bond acceptors (Lipinski definition) is 4. The van der Waals surface area contributed by atoms with Gasteiger partial charge in [0.25, 0.3) is 11.8 Å². The first kappa shape index (κ1) is 22.2. The lowest BCUT2D eigenvalue weighted by atomic mass is 10.1. The van der Waals surface area contributed by atoms with Gasteiger partial charge in [-0.25, -0.2) is 4.39 Å². The fourth-order valence-electron chi connectivity index (χ4n) is 2.83. The van der Waals surface area contributed by atoms with Crippen LogP contribution in [0.3, 0.4) is 0 Å². The van der Waals surface area contributed by atoms with Crippen molar-refractivity contribution in [2.24, 2.45) is 0 Å². The topological polar surface area (TPSA) is 87.3 Å². The third-order valence-electron chi connectivity index (χ3n) is 4.37. The molecule has 0 aliphatic rings. The summed E-state index contributed by atoms with van der Waals surface area (Å²) in [6.07, 6.45) is 0.827. The normalized spacial score (nSPS) is 10.4. The van der Waals surface area contributed by atoms with E-state index < -0.39 is 11.7 Å². The molecule has 8 heteroatoms. The number of anilines is 1. The highest BCUT2D eigenvalue weighted by molar-refractivity contribution is 7.12. The predicted octanol–water partition coefficient (Wildman–Crippen LogP) is 3.97. The van der Waals surface area contributed by atoms with Crippen molar-refractivity contribution < 1.29 is 18.8 Å².